The van der Waals surface area contributed by atoms with E-state index in [4.69, 9.17) is 23.7 Å². The summed E-state index contributed by atoms with van der Waals surface area (Å²) >= 11 is 0. The van der Waals surface area contributed by atoms with Gasteiger partial charge in [0, 0.05) is 33.4 Å². The average molecular weight is 989 g/mol. The Bertz CT molecular complexity index is 2680. The fraction of sp³-hybridized carbons (Fsp3) is 0.136. The fourth-order valence-electron chi connectivity index (χ4n) is 6.96. The number of carbonyl (C=O) groups is 3. The van der Waals surface area contributed by atoms with Gasteiger partial charge in [-0.1, -0.05) is 205 Å². The summed E-state index contributed by atoms with van der Waals surface area (Å²) in [6.45, 7) is 12.0. The van der Waals surface area contributed by atoms with Crippen LogP contribution in [0.15, 0.2) is 231 Å². The van der Waals surface area contributed by atoms with Crippen LogP contribution < -0.4 is 23.7 Å². The van der Waals surface area contributed by atoms with Crippen LogP contribution in [0.1, 0.15) is 72.6 Å². The lowest BCUT2D eigenvalue weighted by atomic mass is 10.00. The molecule has 0 unspecified atom stereocenters. The SMILES string of the molecule is CC.CC.CC.COc1ccccc1-c1ccccc1C=O.COc1ccccc1-c1ccccc1C=O.COc1ccccc1-c1ccccc1C=O.c1ccc(Oc2ccc(Oc3ccccc3)cc2)cc1. The van der Waals surface area contributed by atoms with E-state index in [1.807, 2.05) is 254 Å². The molecule has 0 aliphatic carbocycles. The topological polar surface area (TPSA) is 97.4 Å². The summed E-state index contributed by atoms with van der Waals surface area (Å²) in [7, 11) is 4.88. The molecule has 0 aromatic heterocycles. The standard InChI is InChI=1S/C18H14O2.3C14H12O2.3C2H6/c1-3-7-15(8-4-1)19-17-11-13-18(14-12-17)20-16-9-5-2-6-10-16;3*1-16-14-9-5-4-8-13(14)12-7-3-2-6-11(12)10-15;3*1-2/h1-14H;3*2-10H,1H3;3*1-2H3. The molecule has 0 atom stereocenters. The molecule has 9 rings (SSSR count). The lowest BCUT2D eigenvalue weighted by molar-refractivity contribution is 0.111. The summed E-state index contributed by atoms with van der Waals surface area (Å²) in [6, 6.07) is 72.4. The minimum atomic E-state index is 0.673. The molecule has 0 saturated heterocycles. The van der Waals surface area contributed by atoms with Crippen LogP contribution in [0.5, 0.6) is 40.2 Å². The van der Waals surface area contributed by atoms with Crippen molar-refractivity contribution in [1.82, 2.24) is 0 Å². The first-order valence-electron chi connectivity index (χ1n) is 24.6. The first-order chi connectivity index (χ1) is 36.5. The average Bonchev–Trinajstić information content (AvgIpc) is 3.50. The van der Waals surface area contributed by atoms with Gasteiger partial charge in [0.25, 0.3) is 0 Å². The predicted molar refractivity (Wildman–Crippen MR) is 305 cm³/mol. The second kappa shape index (κ2) is 35.1. The third-order valence-electron chi connectivity index (χ3n) is 10.2. The Hall–Kier alpha value is -9.01. The van der Waals surface area contributed by atoms with E-state index in [0.717, 1.165) is 92.5 Å². The van der Waals surface area contributed by atoms with Crippen molar-refractivity contribution in [2.24, 2.45) is 0 Å². The summed E-state index contributed by atoms with van der Waals surface area (Å²) in [5.74, 6) is 5.55. The van der Waals surface area contributed by atoms with Gasteiger partial charge in [0.2, 0.25) is 0 Å². The van der Waals surface area contributed by atoms with Gasteiger partial charge in [0.05, 0.1) is 21.3 Å². The highest BCUT2D eigenvalue weighted by atomic mass is 16.5. The number of aldehydes is 3. The molecule has 0 amide bonds. The molecule has 9 aromatic carbocycles. The first kappa shape index (κ1) is 59.3. The van der Waals surface area contributed by atoms with Crippen molar-refractivity contribution in [3.8, 4) is 73.6 Å². The maximum Gasteiger partial charge on any atom is 0.150 e. The van der Waals surface area contributed by atoms with E-state index in [-0.39, 0.29) is 0 Å². The van der Waals surface area contributed by atoms with Crippen molar-refractivity contribution in [2.75, 3.05) is 21.3 Å². The Balaban J connectivity index is 0.000000252. The number of carbonyl (C=O) groups excluding carboxylic acids is 3. The molecule has 0 N–H and O–H groups in total. The summed E-state index contributed by atoms with van der Waals surface area (Å²) in [5, 5.41) is 0. The molecule has 0 fully saturated rings. The maximum absolute atomic E-state index is 11.0. The molecule has 8 heteroatoms. The highest BCUT2D eigenvalue weighted by molar-refractivity contribution is 5.91. The minimum absolute atomic E-state index is 0.673. The first-order valence-corrected chi connectivity index (χ1v) is 24.6. The van der Waals surface area contributed by atoms with Crippen LogP contribution in [0, 0.1) is 0 Å². The van der Waals surface area contributed by atoms with Crippen molar-refractivity contribution in [3.05, 3.63) is 247 Å². The molecule has 0 spiro atoms. The van der Waals surface area contributed by atoms with Gasteiger partial charge in [0.15, 0.2) is 18.9 Å². The van der Waals surface area contributed by atoms with Gasteiger partial charge < -0.3 is 23.7 Å². The lowest BCUT2D eigenvalue weighted by Crippen LogP contribution is -1.91. The van der Waals surface area contributed by atoms with Gasteiger partial charge in [0.1, 0.15) is 40.2 Å². The quantitative estimate of drug-likeness (QED) is 0.105. The maximum atomic E-state index is 11.0. The van der Waals surface area contributed by atoms with E-state index in [1.165, 1.54) is 0 Å². The van der Waals surface area contributed by atoms with Crippen LogP contribution in [-0.4, -0.2) is 40.2 Å². The smallest absolute Gasteiger partial charge is 0.150 e. The normalized spacial score (nSPS) is 9.31. The molecule has 8 nitrogen and oxygen atoms in total. The molecular weight excluding hydrogens is 921 g/mol. The van der Waals surface area contributed by atoms with Gasteiger partial charge in [-0.25, -0.2) is 0 Å². The molecule has 0 bridgehead atoms. The zero-order valence-corrected chi connectivity index (χ0v) is 43.9. The highest BCUT2D eigenvalue weighted by Gasteiger charge is 2.11. The van der Waals surface area contributed by atoms with Crippen LogP contribution in [0.25, 0.3) is 33.4 Å². The van der Waals surface area contributed by atoms with Gasteiger partial charge >= 0.3 is 0 Å². The third kappa shape index (κ3) is 18.3. The van der Waals surface area contributed by atoms with Crippen molar-refractivity contribution in [1.29, 1.82) is 0 Å². The zero-order chi connectivity index (χ0) is 53.8. The van der Waals surface area contributed by atoms with Crippen molar-refractivity contribution in [2.45, 2.75) is 41.5 Å². The zero-order valence-electron chi connectivity index (χ0n) is 43.9. The summed E-state index contributed by atoms with van der Waals surface area (Å²) in [5.41, 5.74) is 7.53. The van der Waals surface area contributed by atoms with Gasteiger partial charge in [-0.3, -0.25) is 14.4 Å². The summed E-state index contributed by atoms with van der Waals surface area (Å²) in [6.07, 6.45) is 2.59. The number of para-hydroxylation sites is 5. The second-order valence-corrected chi connectivity index (χ2v) is 14.5. The lowest BCUT2D eigenvalue weighted by Gasteiger charge is -2.09. The van der Waals surface area contributed by atoms with Crippen molar-refractivity contribution in [3.63, 3.8) is 0 Å². The van der Waals surface area contributed by atoms with E-state index >= 15 is 0 Å². The molecule has 0 saturated carbocycles. The van der Waals surface area contributed by atoms with Crippen molar-refractivity contribution < 1.29 is 38.1 Å². The van der Waals surface area contributed by atoms with E-state index < -0.39 is 0 Å². The van der Waals surface area contributed by atoms with Crippen LogP contribution in [0.2, 0.25) is 0 Å². The largest absolute Gasteiger partial charge is 0.496 e. The Morgan fingerprint density at radius 3 is 0.689 bits per heavy atom. The molecule has 9 aromatic rings. The predicted octanol–water partition coefficient (Wildman–Crippen LogP) is 17.9. The number of hydrogen-bond acceptors (Lipinski definition) is 8. The summed E-state index contributed by atoms with van der Waals surface area (Å²) < 4.78 is 27.3. The van der Waals surface area contributed by atoms with E-state index in [2.05, 4.69) is 0 Å². The van der Waals surface area contributed by atoms with Crippen LogP contribution >= 0.6 is 0 Å². The molecule has 0 aliphatic rings. The van der Waals surface area contributed by atoms with E-state index in [0.29, 0.717) is 16.7 Å². The van der Waals surface area contributed by atoms with Gasteiger partial charge in [-0.2, -0.15) is 0 Å². The number of ether oxygens (including phenoxy) is 5. The molecule has 380 valence electrons. The van der Waals surface area contributed by atoms with E-state index in [1.54, 1.807) is 39.5 Å². The van der Waals surface area contributed by atoms with Crippen LogP contribution in [0.3, 0.4) is 0 Å². The van der Waals surface area contributed by atoms with E-state index in [9.17, 15) is 14.4 Å². The number of rotatable bonds is 13. The van der Waals surface area contributed by atoms with Crippen molar-refractivity contribution >= 4 is 18.9 Å². The van der Waals surface area contributed by atoms with Gasteiger partial charge in [-0.15, -0.1) is 0 Å². The fourth-order valence-corrected chi connectivity index (χ4v) is 6.96. The Labute approximate surface area is 438 Å². The minimum Gasteiger partial charge on any atom is -0.496 e. The second-order valence-electron chi connectivity index (χ2n) is 14.5. The number of methoxy groups -OCH3 is 3. The van der Waals surface area contributed by atoms with Crippen LogP contribution in [-0.2, 0) is 0 Å². The molecule has 0 aliphatic heterocycles. The number of benzene rings is 9. The molecule has 74 heavy (non-hydrogen) atoms. The number of hydrogen-bond donors (Lipinski definition) is 0. The highest BCUT2D eigenvalue weighted by Crippen LogP contribution is 2.34. The Morgan fingerprint density at radius 1 is 0.243 bits per heavy atom. The molecule has 0 heterocycles. The Kier molecular flexibility index (Phi) is 28.2. The Morgan fingerprint density at radius 2 is 0.446 bits per heavy atom. The summed E-state index contributed by atoms with van der Waals surface area (Å²) in [4.78, 5) is 32.9. The van der Waals surface area contributed by atoms with Gasteiger partial charge in [-0.05, 0) is 83.4 Å². The molecule has 0 radical (unpaired) electrons. The van der Waals surface area contributed by atoms with Crippen LogP contribution in [0.4, 0.5) is 0 Å². The third-order valence-corrected chi connectivity index (χ3v) is 10.2. The monoisotopic (exact) mass is 988 g/mol. The molecular formula is C66H68O8.